The van der Waals surface area contributed by atoms with Crippen molar-refractivity contribution in [3.05, 3.63) is 23.9 Å². The molecule has 0 radical (unpaired) electrons. The van der Waals surface area contributed by atoms with Gasteiger partial charge in [0.1, 0.15) is 10.8 Å². The van der Waals surface area contributed by atoms with Gasteiger partial charge in [-0.1, -0.05) is 32.1 Å². The summed E-state index contributed by atoms with van der Waals surface area (Å²) in [6.07, 6.45) is 2.21. The number of aromatic nitrogens is 1. The lowest BCUT2D eigenvalue weighted by Crippen LogP contribution is -2.31. The third-order valence-corrected chi connectivity index (χ3v) is 3.05. The minimum Gasteiger partial charge on any atom is -0.388 e. The summed E-state index contributed by atoms with van der Waals surface area (Å²) in [6, 6.07) is 6.27. The molecule has 0 fully saturated rings. The number of rotatable bonds is 5. The van der Waals surface area contributed by atoms with Crippen LogP contribution in [0.5, 0.6) is 0 Å². The number of nitrogens with two attached hydrogens (primary N) is 1. The molecule has 0 spiro atoms. The third-order valence-electron chi connectivity index (χ3n) is 2.84. The molecule has 1 heterocycles. The zero-order valence-electron chi connectivity index (χ0n) is 10.1. The zero-order valence-corrected chi connectivity index (χ0v) is 10.9. The largest absolute Gasteiger partial charge is 0.388 e. The summed E-state index contributed by atoms with van der Waals surface area (Å²) in [5.74, 6) is 0.930. The highest BCUT2D eigenvalue weighted by atomic mass is 32.1. The van der Waals surface area contributed by atoms with Crippen LogP contribution in [0.3, 0.4) is 0 Å². The summed E-state index contributed by atoms with van der Waals surface area (Å²) >= 11 is 4.93. The third kappa shape index (κ3) is 2.92. The van der Waals surface area contributed by atoms with Crippen molar-refractivity contribution < 1.29 is 0 Å². The van der Waals surface area contributed by atoms with Gasteiger partial charge in [0.05, 0.1) is 5.69 Å². The first-order valence-electron chi connectivity index (χ1n) is 5.59. The number of nitrogens with zero attached hydrogens (tertiary/aromatic N) is 2. The molecule has 16 heavy (non-hydrogen) atoms. The summed E-state index contributed by atoms with van der Waals surface area (Å²) < 4.78 is 0. The van der Waals surface area contributed by atoms with Crippen molar-refractivity contribution in [2.24, 2.45) is 5.73 Å². The minimum atomic E-state index is 0.347. The Balaban J connectivity index is 2.94. The van der Waals surface area contributed by atoms with Crippen molar-refractivity contribution in [3.63, 3.8) is 0 Å². The molecule has 0 aliphatic heterocycles. The second-order valence-electron chi connectivity index (χ2n) is 3.83. The van der Waals surface area contributed by atoms with Crippen molar-refractivity contribution in [2.45, 2.75) is 32.7 Å². The van der Waals surface area contributed by atoms with E-state index in [1.165, 1.54) is 0 Å². The summed E-state index contributed by atoms with van der Waals surface area (Å²) in [5, 5.41) is 0. The maximum absolute atomic E-state index is 5.57. The number of hydrogen-bond acceptors (Lipinski definition) is 3. The summed E-state index contributed by atoms with van der Waals surface area (Å²) in [6.45, 7) is 4.37. The van der Waals surface area contributed by atoms with Crippen LogP contribution >= 0.6 is 12.2 Å². The number of thiocarbonyl (C=S) groups is 1. The summed E-state index contributed by atoms with van der Waals surface area (Å²) in [5.41, 5.74) is 6.26. The molecule has 0 aromatic carbocycles. The zero-order chi connectivity index (χ0) is 12.1. The molecule has 4 heteroatoms. The van der Waals surface area contributed by atoms with E-state index >= 15 is 0 Å². The first kappa shape index (κ1) is 12.9. The lowest BCUT2D eigenvalue weighted by atomic mass is 10.1. The van der Waals surface area contributed by atoms with Gasteiger partial charge < -0.3 is 10.6 Å². The van der Waals surface area contributed by atoms with Crippen LogP contribution < -0.4 is 10.6 Å². The quantitative estimate of drug-likeness (QED) is 0.798. The van der Waals surface area contributed by atoms with Crippen LogP contribution in [0.4, 0.5) is 5.82 Å². The SMILES string of the molecule is CCC(CC)N(C)c1cccc(C(N)=S)n1. The second-order valence-corrected chi connectivity index (χ2v) is 4.27. The Labute approximate surface area is 103 Å². The number of hydrogen-bond donors (Lipinski definition) is 1. The van der Waals surface area contributed by atoms with Gasteiger partial charge >= 0.3 is 0 Å². The average Bonchev–Trinajstić information content (AvgIpc) is 2.30. The van der Waals surface area contributed by atoms with E-state index in [1.54, 1.807) is 0 Å². The van der Waals surface area contributed by atoms with Crippen LogP contribution in [0.15, 0.2) is 18.2 Å². The normalized spacial score (nSPS) is 10.5. The molecule has 0 aliphatic carbocycles. The Morgan fingerprint density at radius 3 is 2.56 bits per heavy atom. The lowest BCUT2D eigenvalue weighted by molar-refractivity contribution is 0.587. The van der Waals surface area contributed by atoms with Crippen molar-refractivity contribution in [3.8, 4) is 0 Å². The molecule has 0 amide bonds. The molecule has 0 atom stereocenters. The van der Waals surface area contributed by atoms with Crippen LogP contribution in [-0.4, -0.2) is 23.1 Å². The van der Waals surface area contributed by atoms with Gasteiger partial charge in [0, 0.05) is 13.1 Å². The molecule has 0 aliphatic rings. The predicted molar refractivity (Wildman–Crippen MR) is 72.9 cm³/mol. The van der Waals surface area contributed by atoms with E-state index in [2.05, 4.69) is 30.8 Å². The highest BCUT2D eigenvalue weighted by Crippen LogP contribution is 2.16. The fourth-order valence-corrected chi connectivity index (χ4v) is 1.89. The second kappa shape index (κ2) is 5.80. The van der Waals surface area contributed by atoms with E-state index in [9.17, 15) is 0 Å². The molecular formula is C12H19N3S. The Bertz CT molecular complexity index is 361. The fraction of sp³-hybridized carbons (Fsp3) is 0.500. The Kier molecular flexibility index (Phi) is 4.68. The average molecular weight is 237 g/mol. The van der Waals surface area contributed by atoms with E-state index in [1.807, 2.05) is 18.2 Å². The Hall–Kier alpha value is -1.16. The highest BCUT2D eigenvalue weighted by molar-refractivity contribution is 7.80. The summed E-state index contributed by atoms with van der Waals surface area (Å²) in [4.78, 5) is 6.98. The van der Waals surface area contributed by atoms with Gasteiger partial charge in [-0.3, -0.25) is 0 Å². The molecule has 0 saturated heterocycles. The van der Waals surface area contributed by atoms with Crippen LogP contribution in [0.25, 0.3) is 0 Å². The highest BCUT2D eigenvalue weighted by Gasteiger charge is 2.12. The summed E-state index contributed by atoms with van der Waals surface area (Å²) in [7, 11) is 2.06. The molecule has 2 N–H and O–H groups in total. The lowest BCUT2D eigenvalue weighted by Gasteiger charge is -2.27. The van der Waals surface area contributed by atoms with Crippen LogP contribution in [0, 0.1) is 0 Å². The molecule has 0 saturated carbocycles. The van der Waals surface area contributed by atoms with E-state index in [0.29, 0.717) is 16.7 Å². The van der Waals surface area contributed by atoms with E-state index in [-0.39, 0.29) is 0 Å². The Morgan fingerprint density at radius 2 is 2.06 bits per heavy atom. The molecule has 1 rings (SSSR count). The Morgan fingerprint density at radius 1 is 1.44 bits per heavy atom. The fourth-order valence-electron chi connectivity index (χ4n) is 1.78. The van der Waals surface area contributed by atoms with Gasteiger partial charge in [-0.15, -0.1) is 0 Å². The van der Waals surface area contributed by atoms with Crippen molar-refractivity contribution in [1.82, 2.24) is 4.98 Å². The van der Waals surface area contributed by atoms with E-state index < -0.39 is 0 Å². The molecule has 0 bridgehead atoms. The van der Waals surface area contributed by atoms with Gasteiger partial charge in [-0.05, 0) is 25.0 Å². The van der Waals surface area contributed by atoms with Crippen LogP contribution in [0.1, 0.15) is 32.4 Å². The maximum atomic E-state index is 5.57. The molecule has 0 unspecified atom stereocenters. The molecule has 3 nitrogen and oxygen atoms in total. The standard InChI is InChI=1S/C12H19N3S/c1-4-9(5-2)15(3)11-8-6-7-10(14-11)12(13)16/h6-9H,4-5H2,1-3H3,(H2,13,16). The van der Waals surface area contributed by atoms with Crippen molar-refractivity contribution in [2.75, 3.05) is 11.9 Å². The van der Waals surface area contributed by atoms with Crippen LogP contribution in [0.2, 0.25) is 0 Å². The maximum Gasteiger partial charge on any atom is 0.129 e. The predicted octanol–water partition coefficient (Wildman–Crippen LogP) is 2.34. The topological polar surface area (TPSA) is 42.1 Å². The molecule has 1 aromatic heterocycles. The van der Waals surface area contributed by atoms with E-state index in [4.69, 9.17) is 18.0 Å². The molecule has 1 aromatic rings. The smallest absolute Gasteiger partial charge is 0.129 e. The first-order chi connectivity index (χ1) is 7.60. The number of pyridine rings is 1. The first-order valence-corrected chi connectivity index (χ1v) is 6.00. The number of anilines is 1. The van der Waals surface area contributed by atoms with Gasteiger partial charge in [0.2, 0.25) is 0 Å². The van der Waals surface area contributed by atoms with Gasteiger partial charge in [0.15, 0.2) is 0 Å². The monoisotopic (exact) mass is 237 g/mol. The van der Waals surface area contributed by atoms with Gasteiger partial charge in [-0.25, -0.2) is 4.98 Å². The van der Waals surface area contributed by atoms with Crippen molar-refractivity contribution >= 4 is 23.0 Å². The van der Waals surface area contributed by atoms with E-state index in [0.717, 1.165) is 18.7 Å². The van der Waals surface area contributed by atoms with Gasteiger partial charge in [0.25, 0.3) is 0 Å². The van der Waals surface area contributed by atoms with Crippen molar-refractivity contribution in [1.29, 1.82) is 0 Å². The van der Waals surface area contributed by atoms with Crippen LogP contribution in [-0.2, 0) is 0 Å². The molecular weight excluding hydrogens is 218 g/mol. The molecule has 88 valence electrons. The van der Waals surface area contributed by atoms with Gasteiger partial charge in [-0.2, -0.15) is 0 Å². The minimum absolute atomic E-state index is 0.347.